The fourth-order valence-electron chi connectivity index (χ4n) is 8.80. The first kappa shape index (κ1) is 29.0. The van der Waals surface area contributed by atoms with E-state index in [1.165, 1.54) is 104 Å². The molecular weight excluding hydrogens is 627 g/mol. The van der Waals surface area contributed by atoms with E-state index in [9.17, 15) is 0 Å². The molecule has 0 bridgehead atoms. The predicted octanol–water partition coefficient (Wildman–Crippen LogP) is 14.1. The maximum atomic E-state index is 4.59. The van der Waals surface area contributed by atoms with E-state index in [1.54, 1.807) is 0 Å². The van der Waals surface area contributed by atoms with Crippen molar-refractivity contribution in [2.75, 3.05) is 0 Å². The largest absolute Gasteiger partial charge is 0.264 e. The molecule has 1 heterocycles. The first-order valence-electron chi connectivity index (χ1n) is 18.0. The minimum Gasteiger partial charge on any atom is -0.264 e. The van der Waals surface area contributed by atoms with Gasteiger partial charge < -0.3 is 0 Å². The van der Waals surface area contributed by atoms with Gasteiger partial charge in [-0.2, -0.15) is 0 Å². The van der Waals surface area contributed by atoms with E-state index < -0.39 is 0 Å². The molecule has 0 N–H and O–H groups in total. The fraction of sp³-hybridized carbons (Fsp3) is 0. The van der Waals surface area contributed by atoms with Gasteiger partial charge in [0.25, 0.3) is 0 Å². The molecule has 0 radical (unpaired) electrons. The van der Waals surface area contributed by atoms with Crippen molar-refractivity contribution in [1.82, 2.24) is 4.98 Å². The van der Waals surface area contributed by atoms with Gasteiger partial charge in [0, 0.05) is 18.0 Å². The van der Waals surface area contributed by atoms with Crippen molar-refractivity contribution >= 4 is 64.6 Å². The summed E-state index contributed by atoms with van der Waals surface area (Å²) < 4.78 is 0. The smallest absolute Gasteiger partial charge is 0.0346 e. The maximum Gasteiger partial charge on any atom is 0.0346 e. The molecule has 240 valence electrons. The third-order valence-corrected chi connectivity index (χ3v) is 11.1. The third kappa shape index (κ3) is 4.26. The van der Waals surface area contributed by atoms with Crippen molar-refractivity contribution < 1.29 is 0 Å². The summed E-state index contributed by atoms with van der Waals surface area (Å²) in [5, 5.41) is 15.1. The summed E-state index contributed by atoms with van der Waals surface area (Å²) in [6.45, 7) is 0. The average molecular weight is 658 g/mol. The van der Waals surface area contributed by atoms with Crippen molar-refractivity contribution in [2.45, 2.75) is 0 Å². The molecule has 1 nitrogen and oxygen atoms in total. The maximum absolute atomic E-state index is 4.59. The van der Waals surface area contributed by atoms with Crippen molar-refractivity contribution in [1.29, 1.82) is 0 Å². The molecule has 0 saturated carbocycles. The Balaban J connectivity index is 1.36. The minimum atomic E-state index is 1.12. The zero-order valence-electron chi connectivity index (χ0n) is 28.3. The number of aromatic nitrogens is 1. The molecule has 0 unspecified atom stereocenters. The second-order valence-corrected chi connectivity index (χ2v) is 13.8. The summed E-state index contributed by atoms with van der Waals surface area (Å²) in [6.07, 6.45) is 3.86. The fourth-order valence-corrected chi connectivity index (χ4v) is 8.80. The Kier molecular flexibility index (Phi) is 6.32. The van der Waals surface area contributed by atoms with Gasteiger partial charge in [0.2, 0.25) is 0 Å². The van der Waals surface area contributed by atoms with E-state index in [0.29, 0.717) is 0 Å². The molecule has 0 aliphatic carbocycles. The molecule has 52 heavy (non-hydrogen) atoms. The molecular formula is C51H31N. The third-order valence-electron chi connectivity index (χ3n) is 11.1. The second-order valence-electron chi connectivity index (χ2n) is 13.8. The first-order chi connectivity index (χ1) is 25.8. The van der Waals surface area contributed by atoms with Gasteiger partial charge in [-0.3, -0.25) is 4.98 Å². The van der Waals surface area contributed by atoms with E-state index in [2.05, 4.69) is 175 Å². The zero-order valence-corrected chi connectivity index (χ0v) is 28.3. The van der Waals surface area contributed by atoms with Crippen LogP contribution in [0.2, 0.25) is 0 Å². The van der Waals surface area contributed by atoms with Gasteiger partial charge >= 0.3 is 0 Å². The Morgan fingerprint density at radius 2 is 0.654 bits per heavy atom. The summed E-state index contributed by atoms with van der Waals surface area (Å²) in [4.78, 5) is 4.59. The Bertz CT molecular complexity index is 3060. The first-order valence-corrected chi connectivity index (χ1v) is 18.0. The van der Waals surface area contributed by atoms with E-state index in [1.807, 2.05) is 18.5 Å². The molecule has 0 aliphatic rings. The summed E-state index contributed by atoms with van der Waals surface area (Å²) in [6, 6.07) is 65.0. The van der Waals surface area contributed by atoms with Crippen molar-refractivity contribution in [3.8, 4) is 44.5 Å². The highest BCUT2D eigenvalue weighted by molar-refractivity contribution is 6.33. The van der Waals surface area contributed by atoms with Gasteiger partial charge in [-0.15, -0.1) is 0 Å². The van der Waals surface area contributed by atoms with Crippen LogP contribution in [0.25, 0.3) is 109 Å². The highest BCUT2D eigenvalue weighted by Gasteiger charge is 2.22. The lowest BCUT2D eigenvalue weighted by molar-refractivity contribution is 1.33. The van der Waals surface area contributed by atoms with Gasteiger partial charge in [0.05, 0.1) is 0 Å². The molecule has 0 atom stereocenters. The van der Waals surface area contributed by atoms with E-state index in [0.717, 1.165) is 5.56 Å². The highest BCUT2D eigenvalue weighted by Crippen LogP contribution is 2.50. The van der Waals surface area contributed by atoms with E-state index in [4.69, 9.17) is 0 Å². The Morgan fingerprint density at radius 3 is 1.08 bits per heavy atom. The van der Waals surface area contributed by atoms with Crippen molar-refractivity contribution in [3.05, 3.63) is 188 Å². The molecule has 10 aromatic carbocycles. The van der Waals surface area contributed by atoms with Gasteiger partial charge in [-0.25, -0.2) is 0 Å². The normalized spacial score (nSPS) is 11.8. The summed E-state index contributed by atoms with van der Waals surface area (Å²) in [5.41, 5.74) is 9.79. The number of hydrogen-bond donors (Lipinski definition) is 0. The quantitative estimate of drug-likeness (QED) is 0.172. The summed E-state index contributed by atoms with van der Waals surface area (Å²) >= 11 is 0. The second kappa shape index (κ2) is 11.3. The van der Waals surface area contributed by atoms with Gasteiger partial charge in [0.1, 0.15) is 0 Å². The molecule has 1 heteroatoms. The van der Waals surface area contributed by atoms with Crippen LogP contribution < -0.4 is 0 Å². The topological polar surface area (TPSA) is 12.9 Å². The van der Waals surface area contributed by atoms with E-state index >= 15 is 0 Å². The van der Waals surface area contributed by atoms with Crippen LogP contribution in [0.1, 0.15) is 0 Å². The van der Waals surface area contributed by atoms with Crippen LogP contribution >= 0.6 is 0 Å². The van der Waals surface area contributed by atoms with Crippen molar-refractivity contribution in [3.63, 3.8) is 0 Å². The van der Waals surface area contributed by atoms with Crippen LogP contribution in [-0.2, 0) is 0 Å². The number of fused-ring (bicyclic) bond motifs is 3. The zero-order chi connectivity index (χ0) is 34.2. The molecule has 11 rings (SSSR count). The van der Waals surface area contributed by atoms with Gasteiger partial charge in [-0.05, 0) is 122 Å². The number of hydrogen-bond acceptors (Lipinski definition) is 1. The lowest BCUT2D eigenvalue weighted by atomic mass is 9.81. The molecule has 1 aromatic heterocycles. The SMILES string of the molecule is c1cncc(-c2cc(-c3cccc4ccccc34)c3ccc4c(-c5cccc6ccccc56)cc(-c5cccc6ccccc56)c5ccc2c3c54)c1. The molecule has 0 fully saturated rings. The lowest BCUT2D eigenvalue weighted by Crippen LogP contribution is -1.95. The molecule has 0 aliphatic heterocycles. The summed E-state index contributed by atoms with van der Waals surface area (Å²) in [7, 11) is 0. The monoisotopic (exact) mass is 657 g/mol. The van der Waals surface area contributed by atoms with Gasteiger partial charge in [-0.1, -0.05) is 158 Å². The van der Waals surface area contributed by atoms with Crippen molar-refractivity contribution in [2.24, 2.45) is 0 Å². The summed E-state index contributed by atoms with van der Waals surface area (Å²) in [5.74, 6) is 0. The molecule has 0 saturated heterocycles. The predicted molar refractivity (Wildman–Crippen MR) is 222 cm³/mol. The Labute approximate surface area is 301 Å². The molecule has 0 amide bonds. The average Bonchev–Trinajstić information content (AvgIpc) is 3.22. The van der Waals surface area contributed by atoms with Crippen LogP contribution in [0.15, 0.2) is 188 Å². The van der Waals surface area contributed by atoms with Crippen LogP contribution in [0.3, 0.4) is 0 Å². The standard InChI is InChI=1S/C51H31N/c1-4-18-36-32(11-1)14-7-21-39(36)47-29-46(35-17-10-28-52-31-35)42-24-25-44-48(40-22-8-15-33-12-2-5-19-37(33)40)30-49(45-27-26-43(47)50(42)51(44)45)41-23-9-16-34-13-3-6-20-38(34)41/h1-31H. The minimum absolute atomic E-state index is 1.12. The highest BCUT2D eigenvalue weighted by atomic mass is 14.6. The van der Waals surface area contributed by atoms with Crippen LogP contribution in [-0.4, -0.2) is 4.98 Å². The van der Waals surface area contributed by atoms with Crippen LogP contribution in [0.4, 0.5) is 0 Å². The van der Waals surface area contributed by atoms with Crippen LogP contribution in [0, 0.1) is 0 Å². The molecule has 11 aromatic rings. The Morgan fingerprint density at radius 1 is 0.269 bits per heavy atom. The molecule has 0 spiro atoms. The van der Waals surface area contributed by atoms with Gasteiger partial charge in [0.15, 0.2) is 0 Å². The van der Waals surface area contributed by atoms with E-state index in [-0.39, 0.29) is 0 Å². The number of rotatable bonds is 4. The Hall–Kier alpha value is -6.83. The van der Waals surface area contributed by atoms with Crippen LogP contribution in [0.5, 0.6) is 0 Å². The number of nitrogens with zero attached hydrogens (tertiary/aromatic N) is 1. The number of pyridine rings is 1. The number of benzene rings is 10. The lowest BCUT2D eigenvalue weighted by Gasteiger charge is -2.22.